The van der Waals surface area contributed by atoms with Crippen molar-refractivity contribution in [2.75, 3.05) is 38.7 Å². The maximum Gasteiger partial charge on any atom is 0.246 e. The Balaban J connectivity index is 4.35. The number of nitrogens with one attached hydrogen (secondary N) is 2. The molecule has 1 unspecified atom stereocenters. The van der Waals surface area contributed by atoms with Gasteiger partial charge in [-0.3, -0.25) is 4.79 Å². The van der Waals surface area contributed by atoms with E-state index in [1.165, 1.54) is 0 Å². The van der Waals surface area contributed by atoms with E-state index in [1.54, 1.807) is 0 Å². The van der Waals surface area contributed by atoms with Crippen LogP contribution in [0.25, 0.3) is 0 Å². The molecule has 0 spiro atoms. The lowest BCUT2D eigenvalue weighted by atomic mass is 10.2. The molecule has 0 aliphatic carbocycles. The number of rotatable bonds is 15. The van der Waals surface area contributed by atoms with Gasteiger partial charge in [-0.05, 0) is 5.04 Å². The van der Waals surface area contributed by atoms with Crippen molar-refractivity contribution >= 4 is 35.6 Å². The summed E-state index contributed by atoms with van der Waals surface area (Å²) in [6.45, 7) is 22.5. The van der Waals surface area contributed by atoms with Crippen molar-refractivity contribution in [2.45, 2.75) is 77.7 Å². The Kier molecular flexibility index (Phi) is 15.5. The van der Waals surface area contributed by atoms with E-state index in [4.69, 9.17) is 9.47 Å². The van der Waals surface area contributed by atoms with Crippen LogP contribution in [0.15, 0.2) is 0 Å². The number of carbonyl (C=O) groups is 1. The molecule has 30 heavy (non-hydrogen) atoms. The first-order valence-electron chi connectivity index (χ1n) is 10.8. The van der Waals surface area contributed by atoms with E-state index in [9.17, 15) is 4.79 Å². The Bertz CT molecular complexity index is 541. The van der Waals surface area contributed by atoms with Crippen LogP contribution in [-0.4, -0.2) is 64.1 Å². The van der Waals surface area contributed by atoms with Gasteiger partial charge in [-0.2, -0.15) is 0 Å². The third-order valence-corrected chi connectivity index (χ3v) is 12.1. The summed E-state index contributed by atoms with van der Waals surface area (Å²) < 4.78 is 11.7. The van der Waals surface area contributed by atoms with Crippen molar-refractivity contribution in [3.63, 3.8) is 0 Å². The fourth-order valence-corrected chi connectivity index (χ4v) is 6.93. The van der Waals surface area contributed by atoms with Crippen molar-refractivity contribution in [1.29, 1.82) is 0 Å². The Morgan fingerprint density at radius 1 is 1.13 bits per heavy atom. The predicted molar refractivity (Wildman–Crippen MR) is 137 cm³/mol. The number of amides is 1. The van der Waals surface area contributed by atoms with Gasteiger partial charge in [0.2, 0.25) is 5.91 Å². The molecule has 0 saturated heterocycles. The molecule has 0 aliphatic heterocycles. The van der Waals surface area contributed by atoms with Crippen LogP contribution in [0, 0.1) is 17.8 Å². The molecular weight excluding hydrogens is 432 g/mol. The van der Waals surface area contributed by atoms with Crippen LogP contribution in [0.1, 0.15) is 41.5 Å². The van der Waals surface area contributed by atoms with Crippen molar-refractivity contribution in [3.05, 3.63) is 0 Å². The average Bonchev–Trinajstić information content (AvgIpc) is 2.61. The number of ether oxygens (including phenoxy) is 2. The third-order valence-electron chi connectivity index (χ3n) is 4.91. The van der Waals surface area contributed by atoms with E-state index in [0.717, 1.165) is 12.3 Å². The highest BCUT2D eigenvalue weighted by atomic mass is 33.1. The first-order valence-corrected chi connectivity index (χ1v) is 16.7. The van der Waals surface area contributed by atoms with Gasteiger partial charge in [0.15, 0.2) is 0 Å². The number of hydrogen-bond donors (Lipinski definition) is 2. The number of carbonyl (C=O) groups excluding carboxylic acids is 1. The molecule has 1 atom stereocenters. The van der Waals surface area contributed by atoms with E-state index < -0.39 is 8.07 Å². The van der Waals surface area contributed by atoms with Crippen LogP contribution in [0.5, 0.6) is 0 Å². The van der Waals surface area contributed by atoms with Crippen molar-refractivity contribution in [2.24, 2.45) is 5.92 Å². The molecule has 0 aliphatic rings. The zero-order valence-electron chi connectivity index (χ0n) is 20.5. The van der Waals surface area contributed by atoms with Crippen LogP contribution in [-0.2, 0) is 14.3 Å². The van der Waals surface area contributed by atoms with Crippen LogP contribution in [0.4, 0.5) is 0 Å². The summed E-state index contributed by atoms with van der Waals surface area (Å²) in [5.74, 6) is 7.15. The summed E-state index contributed by atoms with van der Waals surface area (Å²) in [6.07, 6.45) is 0. The fraction of sp³-hybridized carbons (Fsp3) is 0.864. The fourth-order valence-electron chi connectivity index (χ4n) is 2.04. The Hall–Kier alpha value is -0.173. The van der Waals surface area contributed by atoms with Gasteiger partial charge in [0.25, 0.3) is 0 Å². The van der Waals surface area contributed by atoms with E-state index in [2.05, 4.69) is 69.8 Å². The van der Waals surface area contributed by atoms with Gasteiger partial charge in [-0.25, -0.2) is 0 Å². The highest BCUT2D eigenvalue weighted by Crippen LogP contribution is 2.49. The molecule has 0 aromatic carbocycles. The minimum Gasteiger partial charge on any atom is -0.369 e. The second kappa shape index (κ2) is 15.6. The Morgan fingerprint density at radius 3 is 2.37 bits per heavy atom. The van der Waals surface area contributed by atoms with Gasteiger partial charge in [0, 0.05) is 24.3 Å². The summed E-state index contributed by atoms with van der Waals surface area (Å²) in [6, 6.07) is 0.512. The zero-order chi connectivity index (χ0) is 23.2. The minimum absolute atomic E-state index is 0.0392. The second-order valence-corrected chi connectivity index (χ2v) is 17.8. The molecule has 0 aromatic rings. The second-order valence-electron chi connectivity index (χ2n) is 9.51. The first kappa shape index (κ1) is 29.8. The summed E-state index contributed by atoms with van der Waals surface area (Å²) in [5.41, 5.74) is 0.0944. The quantitative estimate of drug-likeness (QED) is 0.118. The summed E-state index contributed by atoms with van der Waals surface area (Å²) in [4.78, 5) is 11.8. The molecule has 8 heteroatoms. The monoisotopic (exact) mass is 476 g/mol. The van der Waals surface area contributed by atoms with E-state index in [0.29, 0.717) is 31.7 Å². The van der Waals surface area contributed by atoms with Gasteiger partial charge < -0.3 is 20.1 Å². The summed E-state index contributed by atoms with van der Waals surface area (Å²) in [5, 5.41) is 6.31. The molecule has 0 fully saturated rings. The molecule has 2 N–H and O–H groups in total. The highest BCUT2D eigenvalue weighted by molar-refractivity contribution is 8.76. The molecule has 0 radical (unpaired) electrons. The van der Waals surface area contributed by atoms with Crippen LogP contribution >= 0.6 is 21.6 Å². The molecule has 0 saturated carbocycles. The van der Waals surface area contributed by atoms with Gasteiger partial charge in [0.05, 0.1) is 27.8 Å². The zero-order valence-corrected chi connectivity index (χ0v) is 23.1. The van der Waals surface area contributed by atoms with E-state index in [-0.39, 0.29) is 23.0 Å². The maximum absolute atomic E-state index is 11.8. The van der Waals surface area contributed by atoms with Gasteiger partial charge in [-0.1, -0.05) is 94.6 Å². The van der Waals surface area contributed by atoms with E-state index >= 15 is 0 Å². The largest absolute Gasteiger partial charge is 0.369 e. The topological polar surface area (TPSA) is 59.6 Å². The summed E-state index contributed by atoms with van der Waals surface area (Å²) in [7, 11) is 2.25. The van der Waals surface area contributed by atoms with Crippen molar-refractivity contribution in [1.82, 2.24) is 10.6 Å². The smallest absolute Gasteiger partial charge is 0.246 e. The minimum atomic E-state index is -1.44. The highest BCUT2D eigenvalue weighted by Gasteiger charge is 2.42. The van der Waals surface area contributed by atoms with Gasteiger partial charge in [-0.15, -0.1) is 0 Å². The Labute approximate surface area is 194 Å². The van der Waals surface area contributed by atoms with Crippen LogP contribution in [0.2, 0.25) is 24.7 Å². The molecule has 0 heterocycles. The lowest BCUT2D eigenvalue weighted by molar-refractivity contribution is -0.126. The third kappa shape index (κ3) is 14.0. The van der Waals surface area contributed by atoms with Crippen LogP contribution < -0.4 is 10.6 Å². The van der Waals surface area contributed by atoms with Crippen molar-refractivity contribution < 1.29 is 14.3 Å². The molecule has 0 bridgehead atoms. The van der Waals surface area contributed by atoms with Gasteiger partial charge in [0.1, 0.15) is 12.0 Å². The molecule has 176 valence electrons. The standard InChI is InChI=1S/C22H44N2O3S2Si/c1-18(2)11-10-12-24-20(25)17-26-14-15-27-21(22(5,6)30(7,8)9)29-28-16-13-23-19(3)4/h18-19,21,23H,12-17H2,1-9H3,(H,24,25). The predicted octanol–water partition coefficient (Wildman–Crippen LogP) is 4.62. The SMILES string of the molecule is CC(C)C#CCNC(=O)COCCOC(SSCCNC(C)C)C(C)(C)[Si](C)(C)C. The molecule has 1 amide bonds. The maximum atomic E-state index is 11.8. The molecular formula is C22H44N2O3S2Si. The molecule has 0 aromatic heterocycles. The van der Waals surface area contributed by atoms with E-state index in [1.807, 2.05) is 35.4 Å². The lowest BCUT2D eigenvalue weighted by Crippen LogP contribution is -2.43. The molecule has 0 rings (SSSR count). The Morgan fingerprint density at radius 2 is 1.80 bits per heavy atom. The van der Waals surface area contributed by atoms with Crippen molar-refractivity contribution in [3.8, 4) is 11.8 Å². The normalized spacial score (nSPS) is 13.3. The first-order chi connectivity index (χ1) is 13.9. The summed E-state index contributed by atoms with van der Waals surface area (Å²) >= 11 is 0. The number of hydrogen-bond acceptors (Lipinski definition) is 6. The van der Waals surface area contributed by atoms with Gasteiger partial charge >= 0.3 is 0 Å². The molecule has 5 nitrogen and oxygen atoms in total. The lowest BCUT2D eigenvalue weighted by Gasteiger charge is -2.42. The average molecular weight is 477 g/mol. The van der Waals surface area contributed by atoms with Crippen LogP contribution in [0.3, 0.4) is 0 Å².